The fraction of sp³-hybridized carbons (Fsp3) is 0. The number of fused-ring (bicyclic) bond motifs is 6. The van der Waals surface area contributed by atoms with Gasteiger partial charge in [-0.05, 0) is 48.5 Å². The van der Waals surface area contributed by atoms with Crippen molar-refractivity contribution in [3.63, 3.8) is 0 Å². The van der Waals surface area contributed by atoms with E-state index >= 15 is 0 Å². The molecule has 232 valence electrons. The minimum atomic E-state index is 0.701. The molecule has 6 aromatic heterocycles. The van der Waals surface area contributed by atoms with E-state index in [1.54, 1.807) is 0 Å². The van der Waals surface area contributed by atoms with Gasteiger partial charge in [0, 0.05) is 46.1 Å². The van der Waals surface area contributed by atoms with Crippen LogP contribution in [0.5, 0.6) is 11.5 Å². The Morgan fingerprint density at radius 3 is 1.39 bits per heavy atom. The number of aromatic nitrogens is 8. The van der Waals surface area contributed by atoms with Crippen LogP contribution in [0.2, 0.25) is 0 Å². The molecule has 0 bridgehead atoms. The van der Waals surface area contributed by atoms with Gasteiger partial charge in [0.1, 0.15) is 11.5 Å². The van der Waals surface area contributed by atoms with E-state index in [1.807, 2.05) is 107 Å². The smallest absolute Gasteiger partial charge is 0.129 e. The van der Waals surface area contributed by atoms with Crippen LogP contribution in [0.4, 0.5) is 0 Å². The van der Waals surface area contributed by atoms with Crippen LogP contribution in [0.15, 0.2) is 159 Å². The SMILES string of the molecule is c1cc(Oc2cccc(-n3cc(-n4c5ccccc5c5ccncc54)cn3)c2)cc(-n2cc(-n3c4ccccc4c4ccncc43)cn2)c1. The molecule has 6 heterocycles. The largest absolute Gasteiger partial charge is 0.457 e. The summed E-state index contributed by atoms with van der Waals surface area (Å²) in [5, 5.41) is 14.1. The molecule has 0 aliphatic heterocycles. The quantitative estimate of drug-likeness (QED) is 0.183. The highest BCUT2D eigenvalue weighted by Gasteiger charge is 2.15. The average molecular weight is 635 g/mol. The Morgan fingerprint density at radius 1 is 0.408 bits per heavy atom. The molecule has 0 N–H and O–H groups in total. The number of para-hydroxylation sites is 2. The Labute approximate surface area is 279 Å². The molecule has 10 aromatic rings. The number of nitrogens with zero attached hydrogens (tertiary/aromatic N) is 8. The van der Waals surface area contributed by atoms with Crippen LogP contribution in [0.1, 0.15) is 0 Å². The Morgan fingerprint density at radius 2 is 0.878 bits per heavy atom. The monoisotopic (exact) mass is 634 g/mol. The maximum Gasteiger partial charge on any atom is 0.129 e. The van der Waals surface area contributed by atoms with Gasteiger partial charge in [-0.15, -0.1) is 0 Å². The van der Waals surface area contributed by atoms with Crippen LogP contribution >= 0.6 is 0 Å². The van der Waals surface area contributed by atoms with Crippen LogP contribution in [-0.2, 0) is 0 Å². The Kier molecular flexibility index (Phi) is 5.97. The molecule has 0 atom stereocenters. The van der Waals surface area contributed by atoms with E-state index in [9.17, 15) is 0 Å². The lowest BCUT2D eigenvalue weighted by atomic mass is 10.2. The zero-order valence-electron chi connectivity index (χ0n) is 26.0. The van der Waals surface area contributed by atoms with Crippen molar-refractivity contribution in [2.45, 2.75) is 0 Å². The minimum Gasteiger partial charge on any atom is -0.457 e. The van der Waals surface area contributed by atoms with E-state index in [0.29, 0.717) is 11.5 Å². The first-order chi connectivity index (χ1) is 24.3. The number of benzene rings is 4. The molecule has 0 saturated carbocycles. The zero-order chi connectivity index (χ0) is 32.3. The molecule has 4 aromatic carbocycles. The molecule has 0 aliphatic rings. The van der Waals surface area contributed by atoms with Gasteiger partial charge in [0.15, 0.2) is 0 Å². The average Bonchev–Trinajstić information content (AvgIpc) is 3.95. The number of hydrogen-bond acceptors (Lipinski definition) is 5. The second-order valence-electron chi connectivity index (χ2n) is 11.9. The third-order valence-corrected chi connectivity index (χ3v) is 9.01. The third-order valence-electron chi connectivity index (χ3n) is 9.01. The van der Waals surface area contributed by atoms with Crippen molar-refractivity contribution in [3.8, 4) is 34.2 Å². The maximum atomic E-state index is 6.38. The van der Waals surface area contributed by atoms with E-state index in [-0.39, 0.29) is 0 Å². The number of pyridine rings is 2. The van der Waals surface area contributed by atoms with Crippen molar-refractivity contribution < 1.29 is 4.74 Å². The summed E-state index contributed by atoms with van der Waals surface area (Å²) in [6.45, 7) is 0. The van der Waals surface area contributed by atoms with Crippen LogP contribution in [0.3, 0.4) is 0 Å². The number of hydrogen-bond donors (Lipinski definition) is 0. The minimum absolute atomic E-state index is 0.701. The van der Waals surface area contributed by atoms with Gasteiger partial charge in [-0.1, -0.05) is 48.5 Å². The normalized spacial score (nSPS) is 11.7. The second kappa shape index (κ2) is 10.8. The van der Waals surface area contributed by atoms with Gasteiger partial charge in [-0.25, -0.2) is 9.36 Å². The first-order valence-corrected chi connectivity index (χ1v) is 15.9. The van der Waals surface area contributed by atoms with Crippen molar-refractivity contribution in [2.75, 3.05) is 0 Å². The summed E-state index contributed by atoms with van der Waals surface area (Å²) >= 11 is 0. The van der Waals surface area contributed by atoms with E-state index in [0.717, 1.165) is 55.6 Å². The molecule has 0 spiro atoms. The van der Waals surface area contributed by atoms with E-state index < -0.39 is 0 Å². The number of ether oxygens (including phenoxy) is 1. The van der Waals surface area contributed by atoms with Crippen molar-refractivity contribution >= 4 is 43.6 Å². The summed E-state index contributed by atoms with van der Waals surface area (Å²) < 4.78 is 14.5. The van der Waals surface area contributed by atoms with Crippen LogP contribution in [-0.4, -0.2) is 38.7 Å². The molecule has 0 unspecified atom stereocenters. The lowest BCUT2D eigenvalue weighted by molar-refractivity contribution is 0.481. The van der Waals surface area contributed by atoms with Crippen LogP contribution in [0, 0.1) is 0 Å². The van der Waals surface area contributed by atoms with Crippen molar-refractivity contribution in [1.29, 1.82) is 0 Å². The molecule has 0 radical (unpaired) electrons. The van der Waals surface area contributed by atoms with Crippen molar-refractivity contribution in [1.82, 2.24) is 38.7 Å². The van der Waals surface area contributed by atoms with Crippen molar-refractivity contribution in [2.24, 2.45) is 0 Å². The fourth-order valence-electron chi connectivity index (χ4n) is 6.85. The van der Waals surface area contributed by atoms with Gasteiger partial charge >= 0.3 is 0 Å². The molecule has 9 heteroatoms. The topological polar surface area (TPSA) is 80.5 Å². The van der Waals surface area contributed by atoms with Gasteiger partial charge < -0.3 is 13.9 Å². The summed E-state index contributed by atoms with van der Waals surface area (Å²) in [5.41, 5.74) is 7.97. The zero-order valence-corrected chi connectivity index (χ0v) is 26.0. The molecule has 9 nitrogen and oxygen atoms in total. The predicted molar refractivity (Wildman–Crippen MR) is 191 cm³/mol. The van der Waals surface area contributed by atoms with Crippen LogP contribution < -0.4 is 4.74 Å². The molecule has 0 aliphatic carbocycles. The molecule has 0 fully saturated rings. The summed E-state index contributed by atoms with van der Waals surface area (Å²) in [7, 11) is 0. The predicted octanol–water partition coefficient (Wildman–Crippen LogP) is 8.83. The Balaban J connectivity index is 0.948. The summed E-state index contributed by atoms with van der Waals surface area (Å²) in [6, 6.07) is 36.7. The highest BCUT2D eigenvalue weighted by atomic mass is 16.5. The fourth-order valence-corrected chi connectivity index (χ4v) is 6.85. The lowest BCUT2D eigenvalue weighted by Crippen LogP contribution is -1.97. The molecule has 0 amide bonds. The second-order valence-corrected chi connectivity index (χ2v) is 11.9. The summed E-state index contributed by atoms with van der Waals surface area (Å²) in [5.74, 6) is 1.40. The maximum absolute atomic E-state index is 6.38. The highest BCUT2D eigenvalue weighted by molar-refractivity contribution is 6.09. The van der Waals surface area contributed by atoms with Gasteiger partial charge in [-0.2, -0.15) is 10.2 Å². The van der Waals surface area contributed by atoms with Gasteiger partial charge in [0.25, 0.3) is 0 Å². The molecule has 10 rings (SSSR count). The van der Waals surface area contributed by atoms with Gasteiger partial charge in [-0.3, -0.25) is 9.97 Å². The number of rotatable bonds is 6. The Hall–Kier alpha value is -7.00. The van der Waals surface area contributed by atoms with Crippen molar-refractivity contribution in [3.05, 3.63) is 159 Å². The van der Waals surface area contributed by atoms with Crippen LogP contribution in [0.25, 0.3) is 66.4 Å². The first kappa shape index (κ1) is 27.1. The van der Waals surface area contributed by atoms with E-state index in [2.05, 4.69) is 79.8 Å². The highest BCUT2D eigenvalue weighted by Crippen LogP contribution is 2.33. The first-order valence-electron chi connectivity index (χ1n) is 15.9. The lowest BCUT2D eigenvalue weighted by Gasteiger charge is -2.10. The molecular weight excluding hydrogens is 608 g/mol. The molecular formula is C40H26N8O. The Bertz CT molecular complexity index is 2540. The standard InChI is InChI=1S/C40H26N8O/c1-3-13-37-33(11-1)35-15-17-41-23-39(35)47(37)29-21-43-45(25-29)27-7-5-9-31(19-27)49-32-10-6-8-28(20-32)46-26-30(22-44-46)48-38-14-4-2-12-34(38)36-16-18-42-24-40(36)48/h1-26H. The third kappa shape index (κ3) is 4.40. The van der Waals surface area contributed by atoms with E-state index in [4.69, 9.17) is 14.9 Å². The van der Waals surface area contributed by atoms with Gasteiger partial charge in [0.2, 0.25) is 0 Å². The van der Waals surface area contributed by atoms with E-state index in [1.165, 1.54) is 10.8 Å². The molecule has 49 heavy (non-hydrogen) atoms. The summed E-state index contributed by atoms with van der Waals surface area (Å²) in [4.78, 5) is 8.79. The molecule has 0 saturated heterocycles. The van der Waals surface area contributed by atoms with Gasteiger partial charge in [0.05, 0.1) is 82.0 Å². The summed E-state index contributed by atoms with van der Waals surface area (Å²) in [6.07, 6.45) is 15.3.